The summed E-state index contributed by atoms with van der Waals surface area (Å²) in [6.45, 7) is 3.30. The molecule has 1 aromatic heterocycles. The van der Waals surface area contributed by atoms with Gasteiger partial charge in [0, 0.05) is 24.6 Å². The maximum Gasteiger partial charge on any atom is 0.205 e. The zero-order valence-electron chi connectivity index (χ0n) is 12.3. The van der Waals surface area contributed by atoms with Crippen LogP contribution in [0.5, 0.6) is 0 Å². The third kappa shape index (κ3) is 3.60. The third-order valence-corrected chi connectivity index (χ3v) is 4.89. The minimum atomic E-state index is -0.575. The molecule has 0 amide bonds. The van der Waals surface area contributed by atoms with Crippen LogP contribution in [0.15, 0.2) is 30.3 Å². The number of aliphatic hydroxyl groups is 1. The van der Waals surface area contributed by atoms with Crippen molar-refractivity contribution in [2.45, 2.75) is 44.8 Å². The first-order valence-electron chi connectivity index (χ1n) is 7.46. The normalized spacial score (nSPS) is 17.0. The summed E-state index contributed by atoms with van der Waals surface area (Å²) in [4.78, 5) is 6.67. The number of aromatic nitrogens is 2. The van der Waals surface area contributed by atoms with Gasteiger partial charge in [-0.2, -0.15) is 4.37 Å². The molecular formula is C16H21N3OS. The fraction of sp³-hybridized carbons (Fsp3) is 0.500. The number of hydrogen-bond acceptors (Lipinski definition) is 5. The van der Waals surface area contributed by atoms with Gasteiger partial charge in [-0.1, -0.05) is 43.2 Å². The van der Waals surface area contributed by atoms with Crippen molar-refractivity contribution < 1.29 is 5.11 Å². The summed E-state index contributed by atoms with van der Waals surface area (Å²) in [5, 5.41) is 11.6. The molecular weight excluding hydrogens is 282 g/mol. The highest BCUT2D eigenvalue weighted by Crippen LogP contribution is 2.32. The smallest absolute Gasteiger partial charge is 0.205 e. The molecule has 3 rings (SSSR count). The first-order valence-corrected chi connectivity index (χ1v) is 8.24. The Bertz CT molecular complexity index is 578. The first-order chi connectivity index (χ1) is 10.1. The average molecular weight is 303 g/mol. The average Bonchev–Trinajstić information content (AvgIpc) is 3.08. The molecule has 5 heteroatoms. The predicted octanol–water partition coefficient (Wildman–Crippen LogP) is 3.16. The van der Waals surface area contributed by atoms with Crippen LogP contribution in [0.3, 0.4) is 0 Å². The van der Waals surface area contributed by atoms with Gasteiger partial charge in [0.2, 0.25) is 5.13 Å². The number of aryl methyl sites for hydroxylation is 1. The quantitative estimate of drug-likeness (QED) is 0.922. The lowest BCUT2D eigenvalue weighted by molar-refractivity contribution is 0.0544. The number of benzene rings is 1. The Balaban J connectivity index is 1.80. The number of hydrogen-bond donors (Lipinski definition) is 1. The van der Waals surface area contributed by atoms with Gasteiger partial charge in [-0.3, -0.25) is 0 Å². The Morgan fingerprint density at radius 3 is 2.57 bits per heavy atom. The van der Waals surface area contributed by atoms with E-state index < -0.39 is 5.60 Å². The van der Waals surface area contributed by atoms with E-state index in [-0.39, 0.29) is 0 Å². The summed E-state index contributed by atoms with van der Waals surface area (Å²) in [7, 11) is 0. The van der Waals surface area contributed by atoms with Gasteiger partial charge in [-0.15, -0.1) is 0 Å². The topological polar surface area (TPSA) is 49.2 Å². The minimum absolute atomic E-state index is 0.575. The van der Waals surface area contributed by atoms with Crippen LogP contribution in [0.1, 0.15) is 37.1 Å². The molecule has 2 aromatic rings. The summed E-state index contributed by atoms with van der Waals surface area (Å²) in [6, 6.07) is 10.3. The molecule has 0 radical (unpaired) electrons. The highest BCUT2D eigenvalue weighted by Gasteiger charge is 2.34. The molecule has 1 N–H and O–H groups in total. The molecule has 21 heavy (non-hydrogen) atoms. The van der Waals surface area contributed by atoms with E-state index in [9.17, 15) is 5.11 Å². The van der Waals surface area contributed by atoms with Crippen LogP contribution >= 0.6 is 11.5 Å². The van der Waals surface area contributed by atoms with Crippen molar-refractivity contribution in [2.75, 3.05) is 11.4 Å². The van der Waals surface area contributed by atoms with Gasteiger partial charge in [-0.05, 0) is 25.3 Å². The van der Waals surface area contributed by atoms with Crippen LogP contribution in [0.25, 0.3) is 0 Å². The second-order valence-corrected chi connectivity index (χ2v) is 6.63. The zero-order chi connectivity index (χ0) is 14.7. The maximum absolute atomic E-state index is 10.7. The number of rotatable bonds is 5. The fourth-order valence-electron chi connectivity index (χ4n) is 2.96. The van der Waals surface area contributed by atoms with Crippen molar-refractivity contribution in [3.8, 4) is 0 Å². The molecule has 1 aliphatic carbocycles. The van der Waals surface area contributed by atoms with E-state index in [2.05, 4.69) is 26.4 Å². The van der Waals surface area contributed by atoms with Crippen molar-refractivity contribution in [3.63, 3.8) is 0 Å². The van der Waals surface area contributed by atoms with Gasteiger partial charge in [0.25, 0.3) is 0 Å². The molecule has 0 bridgehead atoms. The Hall–Kier alpha value is -1.46. The lowest BCUT2D eigenvalue weighted by Gasteiger charge is -2.31. The van der Waals surface area contributed by atoms with E-state index in [1.807, 2.05) is 25.1 Å². The Kier molecular flexibility index (Phi) is 4.22. The van der Waals surface area contributed by atoms with Gasteiger partial charge in [0.05, 0.1) is 5.60 Å². The van der Waals surface area contributed by atoms with E-state index >= 15 is 0 Å². The lowest BCUT2D eigenvalue weighted by atomic mass is 10.0. The number of nitrogens with zero attached hydrogens (tertiary/aromatic N) is 3. The van der Waals surface area contributed by atoms with Crippen molar-refractivity contribution in [2.24, 2.45) is 0 Å². The summed E-state index contributed by atoms with van der Waals surface area (Å²) in [5.41, 5.74) is 0.654. The van der Waals surface area contributed by atoms with E-state index in [0.717, 1.165) is 43.2 Å². The van der Waals surface area contributed by atoms with Crippen LogP contribution in [0, 0.1) is 6.92 Å². The molecule has 1 heterocycles. The van der Waals surface area contributed by atoms with Crippen LogP contribution < -0.4 is 4.90 Å². The van der Waals surface area contributed by atoms with Crippen molar-refractivity contribution in [1.82, 2.24) is 9.36 Å². The molecule has 0 aliphatic heterocycles. The first kappa shape index (κ1) is 14.5. The van der Waals surface area contributed by atoms with Crippen LogP contribution in [0.2, 0.25) is 0 Å². The van der Waals surface area contributed by atoms with E-state index in [0.29, 0.717) is 6.54 Å². The monoisotopic (exact) mass is 303 g/mol. The minimum Gasteiger partial charge on any atom is -0.388 e. The highest BCUT2D eigenvalue weighted by atomic mass is 32.1. The molecule has 1 aromatic carbocycles. The second kappa shape index (κ2) is 6.12. The van der Waals surface area contributed by atoms with Crippen molar-refractivity contribution >= 4 is 16.7 Å². The van der Waals surface area contributed by atoms with Gasteiger partial charge >= 0.3 is 0 Å². The summed E-state index contributed by atoms with van der Waals surface area (Å²) >= 11 is 1.41. The zero-order valence-corrected chi connectivity index (χ0v) is 13.1. The van der Waals surface area contributed by atoms with Gasteiger partial charge in [0.15, 0.2) is 0 Å². The standard InChI is InChI=1S/C16H21N3OS/c1-13-17-15(21-18-13)19(11-14-7-3-2-4-8-14)12-16(20)9-5-6-10-16/h2-4,7-8,20H,5-6,9-12H2,1H3. The molecule has 112 valence electrons. The summed E-state index contributed by atoms with van der Waals surface area (Å²) in [6.07, 6.45) is 4.00. The van der Waals surface area contributed by atoms with Crippen molar-refractivity contribution in [3.05, 3.63) is 41.7 Å². The van der Waals surface area contributed by atoms with Crippen LogP contribution in [-0.2, 0) is 6.54 Å². The SMILES string of the molecule is Cc1nsc(N(Cc2ccccc2)CC2(O)CCCC2)n1. The third-order valence-electron chi connectivity index (χ3n) is 4.02. The second-order valence-electron chi connectivity index (χ2n) is 5.90. The maximum atomic E-state index is 10.7. The molecule has 0 atom stereocenters. The molecule has 0 saturated heterocycles. The van der Waals surface area contributed by atoms with E-state index in [1.165, 1.54) is 17.1 Å². The van der Waals surface area contributed by atoms with E-state index in [4.69, 9.17) is 0 Å². The predicted molar refractivity (Wildman–Crippen MR) is 85.6 cm³/mol. The fourth-order valence-corrected chi connectivity index (χ4v) is 3.63. The molecule has 0 unspecified atom stereocenters. The molecule has 1 fully saturated rings. The van der Waals surface area contributed by atoms with E-state index in [1.54, 1.807) is 0 Å². The molecule has 1 aliphatic rings. The van der Waals surface area contributed by atoms with Crippen molar-refractivity contribution in [1.29, 1.82) is 0 Å². The summed E-state index contributed by atoms with van der Waals surface area (Å²) in [5.74, 6) is 0.798. The molecule has 1 saturated carbocycles. The Morgan fingerprint density at radius 1 is 1.24 bits per heavy atom. The lowest BCUT2D eigenvalue weighted by Crippen LogP contribution is -2.41. The summed E-state index contributed by atoms with van der Waals surface area (Å²) < 4.78 is 4.28. The highest BCUT2D eigenvalue weighted by molar-refractivity contribution is 7.09. The Morgan fingerprint density at radius 2 is 1.95 bits per heavy atom. The molecule has 0 spiro atoms. The van der Waals surface area contributed by atoms with Gasteiger partial charge < -0.3 is 10.0 Å². The number of anilines is 1. The molecule has 4 nitrogen and oxygen atoms in total. The van der Waals surface area contributed by atoms with Gasteiger partial charge in [-0.25, -0.2) is 4.98 Å². The largest absolute Gasteiger partial charge is 0.388 e. The van der Waals surface area contributed by atoms with Gasteiger partial charge in [0.1, 0.15) is 5.82 Å². The van der Waals surface area contributed by atoms with Crippen LogP contribution in [-0.4, -0.2) is 26.6 Å². The van der Waals surface area contributed by atoms with Crippen LogP contribution in [0.4, 0.5) is 5.13 Å². The Labute approximate surface area is 129 Å².